The van der Waals surface area contributed by atoms with Crippen LogP contribution in [0.5, 0.6) is 5.88 Å². The van der Waals surface area contributed by atoms with Gasteiger partial charge in [0.2, 0.25) is 11.8 Å². The van der Waals surface area contributed by atoms with Crippen molar-refractivity contribution in [2.24, 2.45) is 0 Å². The minimum absolute atomic E-state index is 0.117. The maximum absolute atomic E-state index is 12.4. The number of hydrogen-bond donors (Lipinski definition) is 0. The Balaban J connectivity index is 1.69. The number of benzene rings is 1. The smallest absolute Gasteiger partial charge is 0.238 e. The van der Waals surface area contributed by atoms with Gasteiger partial charge in [0.1, 0.15) is 12.3 Å². The molecule has 0 fully saturated rings. The van der Waals surface area contributed by atoms with Crippen molar-refractivity contribution in [3.63, 3.8) is 0 Å². The van der Waals surface area contributed by atoms with Crippen LogP contribution in [0.3, 0.4) is 0 Å². The van der Waals surface area contributed by atoms with E-state index in [2.05, 4.69) is 4.98 Å². The Hall–Kier alpha value is -2.36. The van der Waals surface area contributed by atoms with Crippen LogP contribution < -0.4 is 9.64 Å². The summed E-state index contributed by atoms with van der Waals surface area (Å²) in [4.78, 5) is 18.3. The molecule has 0 unspecified atom stereocenters. The van der Waals surface area contributed by atoms with Gasteiger partial charge >= 0.3 is 0 Å². The van der Waals surface area contributed by atoms with Gasteiger partial charge in [0.15, 0.2) is 0 Å². The Morgan fingerprint density at radius 2 is 2.05 bits per heavy atom. The molecule has 1 aliphatic rings. The summed E-state index contributed by atoms with van der Waals surface area (Å²) in [7, 11) is 0. The number of aryl methyl sites for hydroxylation is 1. The molecule has 1 amide bonds. The summed E-state index contributed by atoms with van der Waals surface area (Å²) in [5, 5.41) is 0. The van der Waals surface area contributed by atoms with Gasteiger partial charge in [-0.05, 0) is 24.1 Å². The number of fused-ring (bicyclic) bond motifs is 1. The first-order valence-electron chi connectivity index (χ1n) is 6.77. The molecule has 1 aromatic carbocycles. The van der Waals surface area contributed by atoms with E-state index in [1.54, 1.807) is 11.1 Å². The van der Waals surface area contributed by atoms with E-state index in [-0.39, 0.29) is 5.91 Å². The van der Waals surface area contributed by atoms with Crippen molar-refractivity contribution >= 4 is 11.6 Å². The number of ether oxygens (including phenoxy) is 1. The second-order valence-electron chi connectivity index (χ2n) is 4.71. The summed E-state index contributed by atoms with van der Waals surface area (Å²) in [6, 6.07) is 13.8. The Morgan fingerprint density at radius 3 is 2.90 bits per heavy atom. The van der Waals surface area contributed by atoms with Crippen molar-refractivity contribution in [2.45, 2.75) is 12.8 Å². The molecule has 0 bridgehead atoms. The Labute approximate surface area is 118 Å². The molecule has 4 heteroatoms. The van der Waals surface area contributed by atoms with Crippen LogP contribution in [0.2, 0.25) is 0 Å². The maximum Gasteiger partial charge on any atom is 0.238 e. The van der Waals surface area contributed by atoms with Crippen LogP contribution >= 0.6 is 0 Å². The number of carbonyl (C=O) groups excluding carboxylic acids is 1. The van der Waals surface area contributed by atoms with Gasteiger partial charge in [0.05, 0.1) is 6.54 Å². The third-order valence-electron chi connectivity index (χ3n) is 3.37. The molecular formula is C16H16N2O2. The first-order valence-corrected chi connectivity index (χ1v) is 6.77. The lowest BCUT2D eigenvalue weighted by molar-refractivity contribution is -0.118. The van der Waals surface area contributed by atoms with Crippen molar-refractivity contribution in [1.82, 2.24) is 4.98 Å². The fourth-order valence-corrected chi connectivity index (χ4v) is 2.34. The topological polar surface area (TPSA) is 42.4 Å². The molecule has 0 saturated heterocycles. The average Bonchev–Trinajstić information content (AvgIpc) is 2.53. The third-order valence-corrected chi connectivity index (χ3v) is 3.37. The predicted octanol–water partition coefficient (Wildman–Crippen LogP) is 2.44. The highest BCUT2D eigenvalue weighted by molar-refractivity contribution is 5.95. The van der Waals surface area contributed by atoms with E-state index >= 15 is 0 Å². The fraction of sp³-hybridized carbons (Fsp3) is 0.250. The second kappa shape index (κ2) is 5.74. The molecule has 1 aromatic heterocycles. The van der Waals surface area contributed by atoms with Crippen molar-refractivity contribution in [2.75, 3.05) is 18.1 Å². The van der Waals surface area contributed by atoms with E-state index in [1.807, 2.05) is 42.5 Å². The largest absolute Gasteiger partial charge is 0.474 e. The first-order chi connectivity index (χ1) is 9.84. The zero-order valence-corrected chi connectivity index (χ0v) is 11.2. The molecule has 0 N–H and O–H groups in total. The molecule has 3 rings (SSSR count). The molecular weight excluding hydrogens is 252 g/mol. The normalized spacial score (nSPS) is 13.5. The van der Waals surface area contributed by atoms with Crippen LogP contribution in [-0.4, -0.2) is 24.0 Å². The van der Waals surface area contributed by atoms with Crippen LogP contribution in [0.4, 0.5) is 5.69 Å². The van der Waals surface area contributed by atoms with Crippen LogP contribution in [0.1, 0.15) is 12.0 Å². The highest BCUT2D eigenvalue weighted by Crippen LogP contribution is 2.29. The molecule has 1 aliphatic heterocycles. The number of pyridine rings is 1. The van der Waals surface area contributed by atoms with Gasteiger partial charge in [-0.15, -0.1) is 0 Å². The van der Waals surface area contributed by atoms with Gasteiger partial charge in [0, 0.05) is 12.6 Å². The molecule has 0 atom stereocenters. The van der Waals surface area contributed by atoms with Crippen LogP contribution in [0.15, 0.2) is 48.7 Å². The Morgan fingerprint density at radius 1 is 1.20 bits per heavy atom. The SMILES string of the molecule is O=C(CCc1ccccc1)N1CCOc2ncccc21. The molecule has 0 aliphatic carbocycles. The number of amides is 1. The van der Waals surface area contributed by atoms with E-state index in [4.69, 9.17) is 4.74 Å². The lowest BCUT2D eigenvalue weighted by Gasteiger charge is -2.28. The zero-order valence-electron chi connectivity index (χ0n) is 11.2. The summed E-state index contributed by atoms with van der Waals surface area (Å²) in [6.45, 7) is 1.09. The van der Waals surface area contributed by atoms with Crippen molar-refractivity contribution in [1.29, 1.82) is 0 Å². The van der Waals surface area contributed by atoms with E-state index < -0.39 is 0 Å². The Bertz CT molecular complexity index is 598. The van der Waals surface area contributed by atoms with Gasteiger partial charge in [-0.1, -0.05) is 30.3 Å². The molecule has 0 radical (unpaired) electrons. The number of hydrogen-bond acceptors (Lipinski definition) is 3. The summed E-state index contributed by atoms with van der Waals surface area (Å²) in [6.07, 6.45) is 2.93. The maximum atomic E-state index is 12.4. The number of carbonyl (C=O) groups is 1. The van der Waals surface area contributed by atoms with E-state index in [0.29, 0.717) is 25.5 Å². The number of anilines is 1. The zero-order chi connectivity index (χ0) is 13.8. The minimum Gasteiger partial charge on any atom is -0.474 e. The molecule has 0 spiro atoms. The fourth-order valence-electron chi connectivity index (χ4n) is 2.34. The van der Waals surface area contributed by atoms with Crippen LogP contribution in [0, 0.1) is 0 Å². The van der Waals surface area contributed by atoms with Gasteiger partial charge in [-0.3, -0.25) is 4.79 Å². The van der Waals surface area contributed by atoms with Crippen molar-refractivity contribution < 1.29 is 9.53 Å². The quantitative estimate of drug-likeness (QED) is 0.858. The number of nitrogens with zero attached hydrogens (tertiary/aromatic N) is 2. The summed E-state index contributed by atoms with van der Waals surface area (Å²) in [5.74, 6) is 0.665. The molecule has 20 heavy (non-hydrogen) atoms. The summed E-state index contributed by atoms with van der Waals surface area (Å²) >= 11 is 0. The predicted molar refractivity (Wildman–Crippen MR) is 76.8 cm³/mol. The number of rotatable bonds is 3. The van der Waals surface area contributed by atoms with E-state index in [1.165, 1.54) is 5.56 Å². The number of aromatic nitrogens is 1. The summed E-state index contributed by atoms with van der Waals surface area (Å²) in [5.41, 5.74) is 1.96. The van der Waals surface area contributed by atoms with Gasteiger partial charge in [0.25, 0.3) is 0 Å². The molecule has 4 nitrogen and oxygen atoms in total. The van der Waals surface area contributed by atoms with Crippen LogP contribution in [0.25, 0.3) is 0 Å². The summed E-state index contributed by atoms with van der Waals surface area (Å²) < 4.78 is 5.46. The van der Waals surface area contributed by atoms with E-state index in [9.17, 15) is 4.79 Å². The van der Waals surface area contributed by atoms with Crippen molar-refractivity contribution in [3.8, 4) is 5.88 Å². The molecule has 0 saturated carbocycles. The Kier molecular flexibility index (Phi) is 3.63. The van der Waals surface area contributed by atoms with Gasteiger partial charge < -0.3 is 9.64 Å². The third kappa shape index (κ3) is 2.64. The average molecular weight is 268 g/mol. The molecule has 102 valence electrons. The monoisotopic (exact) mass is 268 g/mol. The van der Waals surface area contributed by atoms with Crippen LogP contribution in [-0.2, 0) is 11.2 Å². The highest BCUT2D eigenvalue weighted by Gasteiger charge is 2.23. The molecule has 2 heterocycles. The lowest BCUT2D eigenvalue weighted by Crippen LogP contribution is -2.38. The lowest BCUT2D eigenvalue weighted by atomic mass is 10.1. The van der Waals surface area contributed by atoms with Gasteiger partial charge in [-0.2, -0.15) is 0 Å². The van der Waals surface area contributed by atoms with Gasteiger partial charge in [-0.25, -0.2) is 4.98 Å². The minimum atomic E-state index is 0.117. The molecule has 2 aromatic rings. The van der Waals surface area contributed by atoms with Crippen molar-refractivity contribution in [3.05, 3.63) is 54.2 Å². The second-order valence-corrected chi connectivity index (χ2v) is 4.71. The highest BCUT2D eigenvalue weighted by atomic mass is 16.5. The first kappa shape index (κ1) is 12.7. The van der Waals surface area contributed by atoms with E-state index in [0.717, 1.165) is 12.1 Å². The standard InChI is InChI=1S/C16H16N2O2/c19-15(9-8-13-5-2-1-3-6-13)18-11-12-20-16-14(18)7-4-10-17-16/h1-7,10H,8-9,11-12H2.